The third-order valence-electron chi connectivity index (χ3n) is 2.00. The lowest BCUT2D eigenvalue weighted by Crippen LogP contribution is -2.46. The third kappa shape index (κ3) is 3.40. The number of carbonyl (C=O) groups is 1. The lowest BCUT2D eigenvalue weighted by molar-refractivity contribution is -0.127. The van der Waals surface area contributed by atoms with Gasteiger partial charge in [0, 0.05) is 6.42 Å². The van der Waals surface area contributed by atoms with Crippen molar-refractivity contribution in [2.75, 3.05) is 0 Å². The van der Waals surface area contributed by atoms with E-state index in [2.05, 4.69) is 0 Å². The van der Waals surface area contributed by atoms with Crippen LogP contribution in [0.4, 0.5) is 0 Å². The van der Waals surface area contributed by atoms with Crippen LogP contribution in [0.1, 0.15) is 12.0 Å². The molecule has 1 rings (SSSR count). The summed E-state index contributed by atoms with van der Waals surface area (Å²) in [6.45, 7) is 0. The van der Waals surface area contributed by atoms with Crippen LogP contribution >= 0.6 is 0 Å². The van der Waals surface area contributed by atoms with E-state index in [1.54, 1.807) is 0 Å². The molecule has 5 heteroatoms. The van der Waals surface area contributed by atoms with Gasteiger partial charge in [-0.15, -0.1) is 0 Å². The Hall–Kier alpha value is -1.88. The molecule has 1 amide bonds. The van der Waals surface area contributed by atoms with Crippen LogP contribution in [0.2, 0.25) is 0 Å². The number of hydrogen-bond acceptors (Lipinski definition) is 3. The first-order valence-corrected chi connectivity index (χ1v) is 4.57. The molecule has 0 fully saturated rings. The van der Waals surface area contributed by atoms with E-state index < -0.39 is 5.96 Å². The van der Waals surface area contributed by atoms with Gasteiger partial charge in [-0.25, -0.2) is 10.9 Å². The summed E-state index contributed by atoms with van der Waals surface area (Å²) < 4.78 is 0. The third-order valence-corrected chi connectivity index (χ3v) is 2.00. The number of carbonyl (C=O) groups excluding carboxylic acids is 1. The second-order valence-electron chi connectivity index (χ2n) is 3.13. The molecule has 0 radical (unpaired) electrons. The molecule has 1 aromatic carbocycles. The highest BCUT2D eigenvalue weighted by Gasteiger charge is 2.11. The van der Waals surface area contributed by atoms with Crippen molar-refractivity contribution in [3.8, 4) is 0 Å². The number of nitrogens with one attached hydrogen (secondary N) is 1. The lowest BCUT2D eigenvalue weighted by atomic mass is 10.1. The minimum atomic E-state index is -0.437. The van der Waals surface area contributed by atoms with Crippen molar-refractivity contribution in [1.29, 1.82) is 5.41 Å². The summed E-state index contributed by atoms with van der Waals surface area (Å²) in [5.74, 6) is 4.47. The van der Waals surface area contributed by atoms with E-state index in [9.17, 15) is 4.79 Å². The van der Waals surface area contributed by atoms with Gasteiger partial charge < -0.3 is 5.73 Å². The zero-order valence-electron chi connectivity index (χ0n) is 8.31. The second-order valence-corrected chi connectivity index (χ2v) is 3.13. The van der Waals surface area contributed by atoms with Gasteiger partial charge in [0.05, 0.1) is 0 Å². The van der Waals surface area contributed by atoms with Crippen LogP contribution in [0.15, 0.2) is 30.3 Å². The Balaban J connectivity index is 2.44. The van der Waals surface area contributed by atoms with Crippen molar-refractivity contribution >= 4 is 11.9 Å². The van der Waals surface area contributed by atoms with Crippen molar-refractivity contribution in [3.05, 3.63) is 35.9 Å². The average molecular weight is 206 g/mol. The zero-order chi connectivity index (χ0) is 11.3. The molecular formula is C10H14N4O. The van der Waals surface area contributed by atoms with E-state index in [4.69, 9.17) is 17.0 Å². The molecule has 1 aromatic rings. The molecule has 5 N–H and O–H groups in total. The van der Waals surface area contributed by atoms with Crippen LogP contribution in [-0.2, 0) is 11.2 Å². The molecular weight excluding hydrogens is 192 g/mol. The Kier molecular flexibility index (Phi) is 3.82. The van der Waals surface area contributed by atoms with Crippen molar-refractivity contribution in [2.24, 2.45) is 11.6 Å². The number of hydrogen-bond donors (Lipinski definition) is 3. The Morgan fingerprint density at radius 1 is 1.33 bits per heavy atom. The smallest absolute Gasteiger partial charge is 0.243 e. The monoisotopic (exact) mass is 206 g/mol. The molecule has 5 nitrogen and oxygen atoms in total. The Bertz CT molecular complexity index is 350. The van der Waals surface area contributed by atoms with Gasteiger partial charge in [0.15, 0.2) is 0 Å². The first-order chi connectivity index (χ1) is 7.11. The Morgan fingerprint density at radius 3 is 2.47 bits per heavy atom. The lowest BCUT2D eigenvalue weighted by Gasteiger charge is -2.13. The zero-order valence-corrected chi connectivity index (χ0v) is 8.31. The highest BCUT2D eigenvalue weighted by molar-refractivity contribution is 5.93. The Morgan fingerprint density at radius 2 is 1.93 bits per heavy atom. The van der Waals surface area contributed by atoms with Crippen LogP contribution in [0.3, 0.4) is 0 Å². The van der Waals surface area contributed by atoms with Gasteiger partial charge in [-0.2, -0.15) is 0 Å². The van der Waals surface area contributed by atoms with Gasteiger partial charge in [0.2, 0.25) is 11.9 Å². The number of nitrogens with zero attached hydrogens (tertiary/aromatic N) is 1. The summed E-state index contributed by atoms with van der Waals surface area (Å²) in [6, 6.07) is 9.59. The molecule has 80 valence electrons. The molecule has 15 heavy (non-hydrogen) atoms. The molecule has 0 spiro atoms. The molecule has 0 aliphatic rings. The fraction of sp³-hybridized carbons (Fsp3) is 0.200. The summed E-state index contributed by atoms with van der Waals surface area (Å²) in [4.78, 5) is 11.3. The minimum Gasteiger partial charge on any atom is -0.369 e. The van der Waals surface area contributed by atoms with E-state index >= 15 is 0 Å². The van der Waals surface area contributed by atoms with Crippen LogP contribution in [-0.4, -0.2) is 16.9 Å². The van der Waals surface area contributed by atoms with Gasteiger partial charge in [0.1, 0.15) is 0 Å². The minimum absolute atomic E-state index is 0.250. The van der Waals surface area contributed by atoms with Crippen LogP contribution in [0.5, 0.6) is 0 Å². The quantitative estimate of drug-likeness (QED) is 0.217. The summed E-state index contributed by atoms with van der Waals surface area (Å²) in [5.41, 5.74) is 6.13. The van der Waals surface area contributed by atoms with E-state index in [0.717, 1.165) is 5.56 Å². The molecule has 0 aliphatic carbocycles. The maximum absolute atomic E-state index is 11.3. The molecule has 0 heterocycles. The average Bonchev–Trinajstić information content (AvgIpc) is 2.26. The fourth-order valence-electron chi connectivity index (χ4n) is 1.15. The molecule has 0 aromatic heterocycles. The van der Waals surface area contributed by atoms with Crippen LogP contribution < -0.4 is 11.6 Å². The summed E-state index contributed by atoms with van der Waals surface area (Å²) in [5, 5.41) is 7.63. The number of guanidine groups is 1. The molecule has 0 atom stereocenters. The van der Waals surface area contributed by atoms with Crippen molar-refractivity contribution in [1.82, 2.24) is 5.01 Å². The molecule has 0 saturated carbocycles. The predicted molar refractivity (Wildman–Crippen MR) is 57.7 cm³/mol. The van der Waals surface area contributed by atoms with E-state index in [1.165, 1.54) is 0 Å². The predicted octanol–water partition coefficient (Wildman–Crippen LogP) is 0.215. The molecule has 0 saturated heterocycles. The fourth-order valence-corrected chi connectivity index (χ4v) is 1.15. The molecule has 0 aliphatic heterocycles. The second kappa shape index (κ2) is 5.11. The number of aryl methyl sites for hydroxylation is 1. The first-order valence-electron chi connectivity index (χ1n) is 4.57. The van der Waals surface area contributed by atoms with Gasteiger partial charge in [-0.1, -0.05) is 30.3 Å². The SMILES string of the molecule is N=C(N)N(N)C(=O)CCc1ccccc1. The molecule has 0 bridgehead atoms. The largest absolute Gasteiger partial charge is 0.369 e. The van der Waals surface area contributed by atoms with E-state index in [-0.39, 0.29) is 12.3 Å². The van der Waals surface area contributed by atoms with Crippen molar-refractivity contribution in [3.63, 3.8) is 0 Å². The summed E-state index contributed by atoms with van der Waals surface area (Å²) in [6.07, 6.45) is 0.848. The number of benzene rings is 1. The van der Waals surface area contributed by atoms with Crippen LogP contribution in [0.25, 0.3) is 0 Å². The highest BCUT2D eigenvalue weighted by Crippen LogP contribution is 2.03. The van der Waals surface area contributed by atoms with Crippen molar-refractivity contribution in [2.45, 2.75) is 12.8 Å². The topological polar surface area (TPSA) is 96.2 Å². The number of nitrogens with two attached hydrogens (primary N) is 2. The van der Waals surface area contributed by atoms with E-state index in [1.807, 2.05) is 30.3 Å². The van der Waals surface area contributed by atoms with E-state index in [0.29, 0.717) is 11.4 Å². The number of amides is 1. The maximum atomic E-state index is 11.3. The van der Waals surface area contributed by atoms with Crippen LogP contribution in [0, 0.1) is 5.41 Å². The Labute approximate surface area is 88.1 Å². The standard InChI is InChI=1S/C10H14N4O/c11-10(12)14(13)9(15)7-6-8-4-2-1-3-5-8/h1-5H,6-7,13H2,(H3,11,12). The van der Waals surface area contributed by atoms with Gasteiger partial charge in [-0.05, 0) is 12.0 Å². The van der Waals surface area contributed by atoms with Gasteiger partial charge in [0.25, 0.3) is 0 Å². The highest BCUT2D eigenvalue weighted by atomic mass is 16.2. The number of hydrazine groups is 1. The first kappa shape index (κ1) is 11.2. The van der Waals surface area contributed by atoms with Crippen molar-refractivity contribution < 1.29 is 4.79 Å². The molecule has 0 unspecified atom stereocenters. The number of rotatable bonds is 3. The summed E-state index contributed by atoms with van der Waals surface area (Å²) in [7, 11) is 0. The van der Waals surface area contributed by atoms with Gasteiger partial charge >= 0.3 is 0 Å². The normalized spacial score (nSPS) is 9.67. The van der Waals surface area contributed by atoms with Gasteiger partial charge in [-0.3, -0.25) is 10.2 Å². The maximum Gasteiger partial charge on any atom is 0.243 e. The summed E-state index contributed by atoms with van der Waals surface area (Å²) >= 11 is 0.